The molecule has 0 fully saturated rings. The van der Waals surface area contributed by atoms with Gasteiger partial charge in [-0.1, -0.05) is 12.7 Å². The second-order valence-corrected chi connectivity index (χ2v) is 11.0. The number of carbonyl (C=O) groups is 1. The average molecular weight is 439 g/mol. The lowest BCUT2D eigenvalue weighted by Crippen LogP contribution is -2.45. The monoisotopic (exact) mass is 438 g/mol. The SMILES string of the molecule is C=CC(=O)OCCC[Si](OC)(OC)OC.C=CC[Si](OCC)(OCC)OCC. The molecule has 0 aromatic rings. The first-order chi connectivity index (χ1) is 13.4. The summed E-state index contributed by atoms with van der Waals surface area (Å²) in [6.07, 6.45) is 3.57. The molecule has 0 saturated carbocycles. The summed E-state index contributed by atoms with van der Waals surface area (Å²) in [6, 6.07) is 1.30. The summed E-state index contributed by atoms with van der Waals surface area (Å²) in [5.41, 5.74) is 0. The van der Waals surface area contributed by atoms with Crippen molar-refractivity contribution < 1.29 is 36.1 Å². The predicted octanol–water partition coefficient (Wildman–Crippen LogP) is 3.20. The fourth-order valence-electron chi connectivity index (χ4n) is 2.21. The summed E-state index contributed by atoms with van der Waals surface area (Å²) in [5, 5.41) is 0. The summed E-state index contributed by atoms with van der Waals surface area (Å²) in [5.74, 6) is -0.422. The lowest BCUT2D eigenvalue weighted by atomic mass is 10.5. The maximum Gasteiger partial charge on any atom is 0.504 e. The number of ether oxygens (including phenoxy) is 1. The van der Waals surface area contributed by atoms with Crippen LogP contribution in [-0.2, 0) is 36.1 Å². The molecule has 0 amide bonds. The largest absolute Gasteiger partial charge is 0.504 e. The van der Waals surface area contributed by atoms with E-state index in [1.54, 1.807) is 27.4 Å². The van der Waals surface area contributed by atoms with E-state index in [9.17, 15) is 4.79 Å². The number of allylic oxidation sites excluding steroid dienone is 1. The molecule has 0 spiro atoms. The fraction of sp³-hybridized carbons (Fsp3) is 0.722. The topological polar surface area (TPSA) is 81.7 Å². The molecule has 10 heteroatoms. The van der Waals surface area contributed by atoms with Gasteiger partial charge in [0.05, 0.1) is 6.61 Å². The molecule has 0 aromatic heterocycles. The molecule has 0 aromatic carbocycles. The van der Waals surface area contributed by atoms with Gasteiger partial charge in [0.15, 0.2) is 0 Å². The summed E-state index contributed by atoms with van der Waals surface area (Å²) < 4.78 is 37.2. The third kappa shape index (κ3) is 12.6. The molecular weight excluding hydrogens is 400 g/mol. The van der Waals surface area contributed by atoms with E-state index in [2.05, 4.69) is 13.2 Å². The van der Waals surface area contributed by atoms with Crippen LogP contribution in [0, 0.1) is 0 Å². The van der Waals surface area contributed by atoms with Gasteiger partial charge in [-0.2, -0.15) is 0 Å². The van der Waals surface area contributed by atoms with Gasteiger partial charge < -0.3 is 31.3 Å². The highest BCUT2D eigenvalue weighted by Crippen LogP contribution is 2.16. The van der Waals surface area contributed by atoms with Crippen molar-refractivity contribution in [3.05, 3.63) is 25.3 Å². The maximum atomic E-state index is 10.7. The van der Waals surface area contributed by atoms with Crippen LogP contribution in [0.4, 0.5) is 0 Å². The summed E-state index contributed by atoms with van der Waals surface area (Å²) in [7, 11) is -0.279. The number of hydrogen-bond donors (Lipinski definition) is 0. The van der Waals surface area contributed by atoms with Crippen molar-refractivity contribution in [1.29, 1.82) is 0 Å². The van der Waals surface area contributed by atoms with E-state index in [-0.39, 0.29) is 0 Å². The third-order valence-electron chi connectivity index (χ3n) is 3.46. The van der Waals surface area contributed by atoms with E-state index in [1.165, 1.54) is 0 Å². The Morgan fingerprint density at radius 3 is 1.64 bits per heavy atom. The van der Waals surface area contributed by atoms with Crippen molar-refractivity contribution in [3.63, 3.8) is 0 Å². The molecule has 0 heterocycles. The Balaban J connectivity index is 0. The van der Waals surface area contributed by atoms with E-state index in [1.807, 2.05) is 20.8 Å². The maximum absolute atomic E-state index is 10.7. The molecule has 0 aliphatic heterocycles. The standard InChI is InChI=1S/C9H18O5Si.C9H20O3Si/c1-5-9(10)14-7-6-8-15(11-2,12-3)13-4;1-5-9-13(10-6-2,11-7-3)12-8-4/h5H,1,6-8H2,2-4H3;5H,1,6-9H2,2-4H3. The molecule has 0 N–H and O–H groups in total. The van der Waals surface area contributed by atoms with E-state index in [0.717, 1.165) is 6.08 Å². The Bertz CT molecular complexity index is 391. The van der Waals surface area contributed by atoms with Crippen LogP contribution in [0.2, 0.25) is 12.1 Å². The van der Waals surface area contributed by atoms with Crippen LogP contribution in [0.15, 0.2) is 25.3 Å². The van der Waals surface area contributed by atoms with E-state index in [0.29, 0.717) is 44.9 Å². The first-order valence-corrected chi connectivity index (χ1v) is 13.2. The van der Waals surface area contributed by atoms with Gasteiger partial charge in [0.25, 0.3) is 0 Å². The van der Waals surface area contributed by atoms with Crippen molar-refractivity contribution in [2.75, 3.05) is 47.8 Å². The number of hydrogen-bond acceptors (Lipinski definition) is 8. The molecule has 0 bridgehead atoms. The first-order valence-electron chi connectivity index (χ1n) is 9.35. The van der Waals surface area contributed by atoms with Crippen molar-refractivity contribution in [2.45, 2.75) is 39.3 Å². The highest BCUT2D eigenvalue weighted by molar-refractivity contribution is 6.61. The van der Waals surface area contributed by atoms with Gasteiger partial charge in [-0.05, 0) is 27.2 Å². The third-order valence-corrected chi connectivity index (χ3v) is 9.26. The molecule has 0 aliphatic rings. The lowest BCUT2D eigenvalue weighted by molar-refractivity contribution is -0.137. The second kappa shape index (κ2) is 18.2. The zero-order valence-electron chi connectivity index (χ0n) is 18.3. The van der Waals surface area contributed by atoms with Gasteiger partial charge in [-0.3, -0.25) is 0 Å². The van der Waals surface area contributed by atoms with Gasteiger partial charge in [0.2, 0.25) is 0 Å². The predicted molar refractivity (Wildman–Crippen MR) is 113 cm³/mol. The second-order valence-electron chi connectivity index (χ2n) is 5.25. The first kappa shape index (κ1) is 29.3. The summed E-state index contributed by atoms with van der Waals surface area (Å²) >= 11 is 0. The van der Waals surface area contributed by atoms with Crippen molar-refractivity contribution in [1.82, 2.24) is 0 Å². The average Bonchev–Trinajstić information content (AvgIpc) is 2.70. The van der Waals surface area contributed by atoms with Crippen LogP contribution in [0.5, 0.6) is 0 Å². The van der Waals surface area contributed by atoms with Gasteiger partial charge in [-0.25, -0.2) is 4.79 Å². The van der Waals surface area contributed by atoms with Crippen LogP contribution in [0.1, 0.15) is 27.2 Å². The van der Waals surface area contributed by atoms with Crippen LogP contribution in [-0.4, -0.2) is 71.3 Å². The van der Waals surface area contributed by atoms with Crippen molar-refractivity contribution in [2.24, 2.45) is 0 Å². The minimum Gasteiger partial charge on any atom is -0.463 e. The molecule has 28 heavy (non-hydrogen) atoms. The highest BCUT2D eigenvalue weighted by Gasteiger charge is 2.38. The van der Waals surface area contributed by atoms with E-state index < -0.39 is 23.6 Å². The van der Waals surface area contributed by atoms with Crippen LogP contribution < -0.4 is 0 Å². The summed E-state index contributed by atoms with van der Waals surface area (Å²) in [6.45, 7) is 15.0. The quantitative estimate of drug-likeness (QED) is 0.119. The van der Waals surface area contributed by atoms with E-state index in [4.69, 9.17) is 31.3 Å². The molecule has 0 radical (unpaired) electrons. The minimum absolute atomic E-state index is 0.315. The van der Waals surface area contributed by atoms with Crippen molar-refractivity contribution in [3.8, 4) is 0 Å². The Morgan fingerprint density at radius 1 is 0.857 bits per heavy atom. The van der Waals surface area contributed by atoms with Gasteiger partial charge >= 0.3 is 23.6 Å². The zero-order valence-corrected chi connectivity index (χ0v) is 20.3. The highest BCUT2D eigenvalue weighted by atomic mass is 28.4. The lowest BCUT2D eigenvalue weighted by Gasteiger charge is -2.27. The zero-order chi connectivity index (χ0) is 21.9. The normalized spacial score (nSPS) is 11.4. The van der Waals surface area contributed by atoms with Crippen LogP contribution in [0.3, 0.4) is 0 Å². The molecular formula is C18H38O8Si2. The van der Waals surface area contributed by atoms with Crippen LogP contribution >= 0.6 is 0 Å². The number of rotatable bonds is 16. The number of carbonyl (C=O) groups excluding carboxylic acids is 1. The Kier molecular flexibility index (Phi) is 19.1. The van der Waals surface area contributed by atoms with E-state index >= 15 is 0 Å². The smallest absolute Gasteiger partial charge is 0.463 e. The van der Waals surface area contributed by atoms with Gasteiger partial charge in [0.1, 0.15) is 0 Å². The molecule has 8 nitrogen and oxygen atoms in total. The molecule has 0 unspecified atom stereocenters. The summed E-state index contributed by atoms with van der Waals surface area (Å²) in [4.78, 5) is 10.7. The molecule has 0 rings (SSSR count). The Hall–Kier alpha value is -0.856. The Labute approximate surface area is 172 Å². The van der Waals surface area contributed by atoms with Crippen molar-refractivity contribution >= 4 is 23.6 Å². The van der Waals surface area contributed by atoms with Gasteiger partial charge in [0, 0.05) is 59.3 Å². The molecule has 0 atom stereocenters. The molecule has 0 aliphatic carbocycles. The Morgan fingerprint density at radius 2 is 1.32 bits per heavy atom. The van der Waals surface area contributed by atoms with Gasteiger partial charge in [-0.15, -0.1) is 6.58 Å². The fourth-order valence-corrected chi connectivity index (χ4v) is 6.18. The van der Waals surface area contributed by atoms with Crippen LogP contribution in [0.25, 0.3) is 0 Å². The minimum atomic E-state index is -2.52. The molecule has 166 valence electrons. The molecule has 0 saturated heterocycles. The number of esters is 1.